The van der Waals surface area contributed by atoms with Crippen molar-refractivity contribution in [2.24, 2.45) is 11.5 Å². The van der Waals surface area contributed by atoms with Crippen molar-refractivity contribution in [2.75, 3.05) is 6.54 Å². The summed E-state index contributed by atoms with van der Waals surface area (Å²) in [4.78, 5) is 0. The number of hydrogen-bond acceptors (Lipinski definition) is 3. The van der Waals surface area contributed by atoms with Crippen LogP contribution in [-0.4, -0.2) is 11.7 Å². The highest BCUT2D eigenvalue weighted by atomic mass is 16.3. The molecule has 0 amide bonds. The normalized spacial score (nSPS) is 12.9. The number of aryl methyl sites for hydroxylation is 2. The lowest BCUT2D eigenvalue weighted by atomic mass is 10.0. The van der Waals surface area contributed by atoms with E-state index in [0.717, 1.165) is 16.7 Å². The molecule has 13 heavy (non-hydrogen) atoms. The zero-order valence-corrected chi connectivity index (χ0v) is 8.04. The lowest BCUT2D eigenvalue weighted by molar-refractivity contribution is 0.461. The van der Waals surface area contributed by atoms with Gasteiger partial charge in [0.25, 0.3) is 0 Å². The van der Waals surface area contributed by atoms with E-state index < -0.39 is 0 Å². The monoisotopic (exact) mass is 180 g/mol. The SMILES string of the molecule is Cc1cc(O)c(C(N)CN)cc1C. The predicted molar refractivity (Wildman–Crippen MR) is 53.6 cm³/mol. The first-order valence-electron chi connectivity index (χ1n) is 4.32. The van der Waals surface area contributed by atoms with Crippen LogP contribution in [0, 0.1) is 13.8 Å². The molecule has 1 atom stereocenters. The fourth-order valence-electron chi connectivity index (χ4n) is 1.25. The third kappa shape index (κ3) is 1.99. The Bertz CT molecular complexity index is 310. The highest BCUT2D eigenvalue weighted by molar-refractivity contribution is 5.42. The van der Waals surface area contributed by atoms with Gasteiger partial charge in [0.2, 0.25) is 0 Å². The number of benzene rings is 1. The van der Waals surface area contributed by atoms with Crippen molar-refractivity contribution < 1.29 is 5.11 Å². The van der Waals surface area contributed by atoms with Gasteiger partial charge in [0.15, 0.2) is 0 Å². The maximum atomic E-state index is 9.58. The molecule has 0 heterocycles. The van der Waals surface area contributed by atoms with Crippen LogP contribution in [0.2, 0.25) is 0 Å². The van der Waals surface area contributed by atoms with E-state index in [9.17, 15) is 5.11 Å². The van der Waals surface area contributed by atoms with Crippen LogP contribution in [0.15, 0.2) is 12.1 Å². The fourth-order valence-corrected chi connectivity index (χ4v) is 1.25. The first-order valence-corrected chi connectivity index (χ1v) is 4.32. The van der Waals surface area contributed by atoms with Crippen molar-refractivity contribution in [1.29, 1.82) is 0 Å². The van der Waals surface area contributed by atoms with Gasteiger partial charge in [-0.25, -0.2) is 0 Å². The summed E-state index contributed by atoms with van der Waals surface area (Å²) in [5, 5.41) is 9.58. The number of hydrogen-bond donors (Lipinski definition) is 3. The predicted octanol–water partition coefficient (Wildman–Crippen LogP) is 0.968. The van der Waals surface area contributed by atoms with Gasteiger partial charge in [-0.15, -0.1) is 0 Å². The van der Waals surface area contributed by atoms with Crippen molar-refractivity contribution in [3.8, 4) is 5.75 Å². The van der Waals surface area contributed by atoms with E-state index in [1.54, 1.807) is 6.07 Å². The van der Waals surface area contributed by atoms with Crippen LogP contribution < -0.4 is 11.5 Å². The molecule has 72 valence electrons. The van der Waals surface area contributed by atoms with Gasteiger partial charge in [0, 0.05) is 18.2 Å². The molecule has 3 heteroatoms. The Morgan fingerprint density at radius 1 is 1.31 bits per heavy atom. The number of nitrogens with two attached hydrogens (primary N) is 2. The van der Waals surface area contributed by atoms with Gasteiger partial charge in [0.1, 0.15) is 5.75 Å². The third-order valence-electron chi connectivity index (χ3n) is 2.30. The quantitative estimate of drug-likeness (QED) is 0.635. The molecule has 0 aliphatic rings. The van der Waals surface area contributed by atoms with Gasteiger partial charge < -0.3 is 16.6 Å². The zero-order chi connectivity index (χ0) is 10.0. The lowest BCUT2D eigenvalue weighted by Crippen LogP contribution is -2.21. The van der Waals surface area contributed by atoms with Crippen molar-refractivity contribution >= 4 is 0 Å². The van der Waals surface area contributed by atoms with Crippen molar-refractivity contribution in [2.45, 2.75) is 19.9 Å². The Labute approximate surface area is 78.4 Å². The summed E-state index contributed by atoms with van der Waals surface area (Å²) in [6.07, 6.45) is 0. The first kappa shape index (κ1) is 10.0. The van der Waals surface area contributed by atoms with Crippen molar-refractivity contribution in [1.82, 2.24) is 0 Å². The summed E-state index contributed by atoms with van der Waals surface area (Å²) in [6, 6.07) is 3.34. The molecule has 0 radical (unpaired) electrons. The van der Waals surface area contributed by atoms with E-state index in [4.69, 9.17) is 11.5 Å². The van der Waals surface area contributed by atoms with Crippen LogP contribution >= 0.6 is 0 Å². The number of aromatic hydroxyl groups is 1. The first-order chi connectivity index (χ1) is 6.06. The Morgan fingerprint density at radius 3 is 2.38 bits per heavy atom. The van der Waals surface area contributed by atoms with Crippen molar-refractivity contribution in [3.05, 3.63) is 28.8 Å². The molecule has 1 aromatic rings. The van der Waals surface area contributed by atoms with Crippen LogP contribution in [0.1, 0.15) is 22.7 Å². The second-order valence-corrected chi connectivity index (χ2v) is 3.34. The van der Waals surface area contributed by atoms with Gasteiger partial charge in [-0.05, 0) is 31.0 Å². The largest absolute Gasteiger partial charge is 0.508 e. The lowest BCUT2D eigenvalue weighted by Gasteiger charge is -2.13. The van der Waals surface area contributed by atoms with Gasteiger partial charge in [-0.2, -0.15) is 0 Å². The summed E-state index contributed by atoms with van der Waals surface area (Å²) in [5.41, 5.74) is 14.1. The fraction of sp³-hybridized carbons (Fsp3) is 0.400. The minimum Gasteiger partial charge on any atom is -0.508 e. The van der Waals surface area contributed by atoms with Crippen LogP contribution in [0.25, 0.3) is 0 Å². The second kappa shape index (κ2) is 3.77. The maximum Gasteiger partial charge on any atom is 0.120 e. The van der Waals surface area contributed by atoms with E-state index in [0.29, 0.717) is 6.54 Å². The Morgan fingerprint density at radius 2 is 1.85 bits per heavy atom. The van der Waals surface area contributed by atoms with Crippen LogP contribution in [0.5, 0.6) is 5.75 Å². The van der Waals surface area contributed by atoms with Gasteiger partial charge in [-0.1, -0.05) is 6.07 Å². The minimum atomic E-state index is -0.278. The zero-order valence-electron chi connectivity index (χ0n) is 8.04. The van der Waals surface area contributed by atoms with Gasteiger partial charge in [-0.3, -0.25) is 0 Å². The average molecular weight is 180 g/mol. The molecular formula is C10H16N2O. The summed E-state index contributed by atoms with van der Waals surface area (Å²) < 4.78 is 0. The molecule has 0 aliphatic heterocycles. The van der Waals surface area contributed by atoms with E-state index in [1.165, 1.54) is 0 Å². The Balaban J connectivity index is 3.15. The number of phenolic OH excluding ortho intramolecular Hbond substituents is 1. The molecule has 1 rings (SSSR count). The molecule has 0 aliphatic carbocycles. The number of phenols is 1. The molecule has 5 N–H and O–H groups in total. The molecule has 1 unspecified atom stereocenters. The molecule has 0 saturated carbocycles. The number of rotatable bonds is 2. The summed E-state index contributed by atoms with van der Waals surface area (Å²) in [7, 11) is 0. The van der Waals surface area contributed by atoms with E-state index in [2.05, 4.69) is 0 Å². The van der Waals surface area contributed by atoms with Crippen LogP contribution in [0.4, 0.5) is 0 Å². The van der Waals surface area contributed by atoms with Gasteiger partial charge in [0.05, 0.1) is 0 Å². The molecule has 0 fully saturated rings. The highest BCUT2D eigenvalue weighted by Gasteiger charge is 2.10. The molecule has 3 nitrogen and oxygen atoms in total. The van der Waals surface area contributed by atoms with E-state index in [1.807, 2.05) is 19.9 Å². The summed E-state index contributed by atoms with van der Waals surface area (Å²) >= 11 is 0. The van der Waals surface area contributed by atoms with Crippen LogP contribution in [0.3, 0.4) is 0 Å². The minimum absolute atomic E-state index is 0.237. The summed E-state index contributed by atoms with van der Waals surface area (Å²) in [6.45, 7) is 4.28. The van der Waals surface area contributed by atoms with Crippen LogP contribution in [-0.2, 0) is 0 Å². The Hall–Kier alpha value is -1.06. The second-order valence-electron chi connectivity index (χ2n) is 3.34. The standard InChI is InChI=1S/C10H16N2O/c1-6-3-8(9(12)5-11)10(13)4-7(6)2/h3-4,9,13H,5,11-12H2,1-2H3. The molecular weight excluding hydrogens is 164 g/mol. The topological polar surface area (TPSA) is 72.3 Å². The third-order valence-corrected chi connectivity index (χ3v) is 2.30. The molecule has 0 spiro atoms. The molecule has 0 aromatic heterocycles. The van der Waals surface area contributed by atoms with Crippen molar-refractivity contribution in [3.63, 3.8) is 0 Å². The van der Waals surface area contributed by atoms with E-state index in [-0.39, 0.29) is 11.8 Å². The smallest absolute Gasteiger partial charge is 0.120 e. The maximum absolute atomic E-state index is 9.58. The van der Waals surface area contributed by atoms with E-state index >= 15 is 0 Å². The Kier molecular flexibility index (Phi) is 2.90. The van der Waals surface area contributed by atoms with Gasteiger partial charge >= 0.3 is 0 Å². The highest BCUT2D eigenvalue weighted by Crippen LogP contribution is 2.25. The average Bonchev–Trinajstić information content (AvgIpc) is 2.10. The molecule has 0 saturated heterocycles. The molecule has 0 bridgehead atoms. The molecule has 1 aromatic carbocycles. The summed E-state index contributed by atoms with van der Waals surface area (Å²) in [5.74, 6) is 0.237.